The minimum absolute atomic E-state index is 0.216. The average Bonchev–Trinajstić information content (AvgIpc) is 3.12. The zero-order valence-electron chi connectivity index (χ0n) is 15.9. The van der Waals surface area contributed by atoms with Crippen LogP contribution in [0.2, 0.25) is 0 Å². The van der Waals surface area contributed by atoms with Crippen LogP contribution in [-0.2, 0) is 0 Å². The van der Waals surface area contributed by atoms with Gasteiger partial charge in [0.15, 0.2) is 11.5 Å². The van der Waals surface area contributed by atoms with E-state index < -0.39 is 0 Å². The van der Waals surface area contributed by atoms with Gasteiger partial charge in [-0.25, -0.2) is 9.97 Å². The van der Waals surface area contributed by atoms with Gasteiger partial charge in [0, 0.05) is 23.5 Å². The van der Waals surface area contributed by atoms with E-state index in [0.29, 0.717) is 28.8 Å². The molecule has 0 saturated heterocycles. The number of hydrogen-bond donors (Lipinski definition) is 2. The number of carbonyl (C=O) groups excluding carboxylic acids is 1. The van der Waals surface area contributed by atoms with Crippen molar-refractivity contribution in [2.24, 2.45) is 0 Å². The van der Waals surface area contributed by atoms with Crippen molar-refractivity contribution in [3.05, 3.63) is 65.1 Å². The first kappa shape index (κ1) is 17.8. The number of ether oxygens (including phenoxy) is 2. The van der Waals surface area contributed by atoms with Crippen LogP contribution in [0.3, 0.4) is 0 Å². The summed E-state index contributed by atoms with van der Waals surface area (Å²) in [5.41, 5.74) is 3.87. The smallest absolute Gasteiger partial charge is 0.274 e. The molecule has 0 unspecified atom stereocenters. The molecule has 28 heavy (non-hydrogen) atoms. The van der Waals surface area contributed by atoms with Gasteiger partial charge in [0.2, 0.25) is 6.79 Å². The van der Waals surface area contributed by atoms with Crippen molar-refractivity contribution in [3.8, 4) is 11.5 Å². The molecule has 2 heterocycles. The summed E-state index contributed by atoms with van der Waals surface area (Å²) >= 11 is 0. The van der Waals surface area contributed by atoms with Crippen molar-refractivity contribution in [1.29, 1.82) is 0 Å². The van der Waals surface area contributed by atoms with E-state index in [0.717, 1.165) is 22.5 Å². The fourth-order valence-corrected chi connectivity index (χ4v) is 3.06. The van der Waals surface area contributed by atoms with Crippen molar-refractivity contribution in [2.45, 2.75) is 20.8 Å². The third-order valence-corrected chi connectivity index (χ3v) is 4.44. The first-order valence-corrected chi connectivity index (χ1v) is 8.89. The molecule has 2 aromatic carbocycles. The van der Waals surface area contributed by atoms with E-state index in [-0.39, 0.29) is 12.7 Å². The van der Waals surface area contributed by atoms with Gasteiger partial charge in [-0.05, 0) is 44.0 Å². The Bertz CT molecular complexity index is 1050. The van der Waals surface area contributed by atoms with Gasteiger partial charge in [0.1, 0.15) is 17.3 Å². The van der Waals surface area contributed by atoms with Crippen LogP contribution in [0, 0.1) is 20.8 Å². The van der Waals surface area contributed by atoms with E-state index in [1.165, 1.54) is 0 Å². The Balaban J connectivity index is 1.57. The average molecular weight is 376 g/mol. The van der Waals surface area contributed by atoms with Gasteiger partial charge in [-0.15, -0.1) is 0 Å². The monoisotopic (exact) mass is 376 g/mol. The van der Waals surface area contributed by atoms with Crippen LogP contribution >= 0.6 is 0 Å². The Morgan fingerprint density at radius 2 is 1.71 bits per heavy atom. The highest BCUT2D eigenvalue weighted by atomic mass is 16.7. The minimum Gasteiger partial charge on any atom is -0.454 e. The van der Waals surface area contributed by atoms with E-state index in [1.54, 1.807) is 13.0 Å². The van der Waals surface area contributed by atoms with Gasteiger partial charge >= 0.3 is 0 Å². The molecular weight excluding hydrogens is 356 g/mol. The van der Waals surface area contributed by atoms with Crippen LogP contribution in [0.4, 0.5) is 17.2 Å². The Kier molecular flexibility index (Phi) is 4.57. The Morgan fingerprint density at radius 3 is 2.50 bits per heavy atom. The fourth-order valence-electron chi connectivity index (χ4n) is 3.06. The number of carbonyl (C=O) groups is 1. The molecule has 1 amide bonds. The van der Waals surface area contributed by atoms with Gasteiger partial charge in [-0.1, -0.05) is 18.2 Å². The number of hydrogen-bond acceptors (Lipinski definition) is 6. The number of aryl methyl sites for hydroxylation is 3. The number of fused-ring (bicyclic) bond motifs is 1. The topological polar surface area (TPSA) is 85.4 Å². The van der Waals surface area contributed by atoms with Crippen molar-refractivity contribution < 1.29 is 14.3 Å². The van der Waals surface area contributed by atoms with Crippen molar-refractivity contribution in [1.82, 2.24) is 9.97 Å². The summed E-state index contributed by atoms with van der Waals surface area (Å²) in [6.07, 6.45) is 0. The molecule has 0 spiro atoms. The Morgan fingerprint density at radius 1 is 0.964 bits per heavy atom. The lowest BCUT2D eigenvalue weighted by Gasteiger charge is -2.12. The molecule has 0 bridgehead atoms. The van der Waals surface area contributed by atoms with Gasteiger partial charge in [-0.3, -0.25) is 4.79 Å². The first-order valence-electron chi connectivity index (χ1n) is 8.89. The van der Waals surface area contributed by atoms with Crippen LogP contribution in [0.5, 0.6) is 11.5 Å². The molecule has 3 aromatic rings. The number of nitrogens with one attached hydrogen (secondary N) is 2. The highest BCUT2D eigenvalue weighted by molar-refractivity contribution is 6.04. The van der Waals surface area contributed by atoms with Crippen LogP contribution < -0.4 is 20.1 Å². The first-order chi connectivity index (χ1) is 13.5. The van der Waals surface area contributed by atoms with Gasteiger partial charge in [0.25, 0.3) is 5.91 Å². The van der Waals surface area contributed by atoms with E-state index in [2.05, 4.69) is 20.6 Å². The lowest BCUT2D eigenvalue weighted by molar-refractivity contribution is 0.102. The normalized spacial score (nSPS) is 12.0. The predicted molar refractivity (Wildman–Crippen MR) is 106 cm³/mol. The molecule has 0 fully saturated rings. The number of aromatic nitrogens is 2. The van der Waals surface area contributed by atoms with Crippen LogP contribution in [0.1, 0.15) is 27.4 Å². The highest BCUT2D eigenvalue weighted by Gasteiger charge is 2.15. The number of para-hydroxylation sites is 1. The largest absolute Gasteiger partial charge is 0.454 e. The number of amides is 1. The number of nitrogens with zero attached hydrogens (tertiary/aromatic N) is 2. The summed E-state index contributed by atoms with van der Waals surface area (Å²) in [4.78, 5) is 21.4. The zero-order chi connectivity index (χ0) is 19.7. The lowest BCUT2D eigenvalue weighted by atomic mass is 10.1. The Labute approximate surface area is 162 Å². The Hall–Kier alpha value is -3.61. The predicted octanol–water partition coefficient (Wildman–Crippen LogP) is 4.13. The molecule has 7 nitrogen and oxygen atoms in total. The molecule has 142 valence electrons. The molecule has 0 atom stereocenters. The summed E-state index contributed by atoms with van der Waals surface area (Å²) in [7, 11) is 0. The van der Waals surface area contributed by atoms with Crippen molar-refractivity contribution in [3.63, 3.8) is 0 Å². The van der Waals surface area contributed by atoms with Crippen molar-refractivity contribution >= 4 is 23.1 Å². The summed E-state index contributed by atoms with van der Waals surface area (Å²) in [6.45, 7) is 5.88. The minimum atomic E-state index is -0.281. The number of rotatable bonds is 4. The van der Waals surface area contributed by atoms with E-state index in [9.17, 15) is 4.79 Å². The second-order valence-electron chi connectivity index (χ2n) is 6.60. The molecular formula is C21H20N4O3. The fraction of sp³-hybridized carbons (Fsp3) is 0.190. The molecule has 1 aliphatic heterocycles. The maximum atomic E-state index is 12.8. The number of anilines is 3. The summed E-state index contributed by atoms with van der Waals surface area (Å²) in [5.74, 6) is 2.12. The highest BCUT2D eigenvalue weighted by Crippen LogP contribution is 2.35. The quantitative estimate of drug-likeness (QED) is 0.712. The molecule has 0 radical (unpaired) electrons. The van der Waals surface area contributed by atoms with Crippen LogP contribution in [-0.4, -0.2) is 22.7 Å². The third kappa shape index (κ3) is 3.59. The summed E-state index contributed by atoms with van der Waals surface area (Å²) in [6, 6.07) is 13.0. The number of benzene rings is 2. The van der Waals surface area contributed by atoms with E-state index in [4.69, 9.17) is 9.47 Å². The maximum Gasteiger partial charge on any atom is 0.274 e. The maximum absolute atomic E-state index is 12.8. The van der Waals surface area contributed by atoms with Gasteiger partial charge in [-0.2, -0.15) is 0 Å². The van der Waals surface area contributed by atoms with Gasteiger partial charge < -0.3 is 20.1 Å². The summed E-state index contributed by atoms with van der Waals surface area (Å²) in [5, 5.41) is 6.14. The van der Waals surface area contributed by atoms with Crippen LogP contribution in [0.25, 0.3) is 0 Å². The SMILES string of the molecule is Cc1nc(Nc2ccc3c(c2)OCO3)cc(C(=O)Nc2c(C)cccc2C)n1. The van der Waals surface area contributed by atoms with E-state index in [1.807, 2.05) is 50.2 Å². The van der Waals surface area contributed by atoms with Crippen LogP contribution in [0.15, 0.2) is 42.5 Å². The second-order valence-corrected chi connectivity index (χ2v) is 6.60. The molecule has 0 saturated carbocycles. The van der Waals surface area contributed by atoms with Gasteiger partial charge in [0.05, 0.1) is 0 Å². The molecule has 1 aromatic heterocycles. The second kappa shape index (κ2) is 7.19. The lowest BCUT2D eigenvalue weighted by Crippen LogP contribution is -2.16. The van der Waals surface area contributed by atoms with E-state index >= 15 is 0 Å². The molecule has 4 rings (SSSR count). The van der Waals surface area contributed by atoms with Crippen molar-refractivity contribution in [2.75, 3.05) is 17.4 Å². The molecule has 0 aliphatic carbocycles. The third-order valence-electron chi connectivity index (χ3n) is 4.44. The summed E-state index contributed by atoms with van der Waals surface area (Å²) < 4.78 is 10.7. The standard InChI is InChI=1S/C21H20N4O3/c1-12-5-4-6-13(2)20(12)25-21(26)16-10-19(23-14(3)22-16)24-15-7-8-17-18(9-15)28-11-27-17/h4-10H,11H2,1-3H3,(H,25,26)(H,22,23,24). The molecule has 1 aliphatic rings. The molecule has 2 N–H and O–H groups in total. The molecule has 7 heteroatoms. The zero-order valence-corrected chi connectivity index (χ0v) is 15.9.